The highest BCUT2D eigenvalue weighted by molar-refractivity contribution is 9.10. The standard InChI is InChI=1S/C19H16BrN3O2S2/c20-10-5-6-15-13(7-10)22-18(25)16(26-15)8-17(24)23-19-12(9-21)11-3-1-2-4-14(11)27-19/h5-7,16H,1-4,8H2,(H,22,25)(H,23,24). The van der Waals surface area contributed by atoms with E-state index in [9.17, 15) is 14.9 Å². The van der Waals surface area contributed by atoms with E-state index in [2.05, 4.69) is 32.6 Å². The van der Waals surface area contributed by atoms with Gasteiger partial charge in [-0.3, -0.25) is 9.59 Å². The van der Waals surface area contributed by atoms with E-state index in [0.29, 0.717) is 10.6 Å². The molecule has 1 aliphatic heterocycles. The van der Waals surface area contributed by atoms with Crippen molar-refractivity contribution >= 4 is 61.5 Å². The third-order valence-corrected chi connectivity index (χ3v) is 7.64. The minimum Gasteiger partial charge on any atom is -0.324 e. The first-order valence-corrected chi connectivity index (χ1v) is 11.2. The van der Waals surface area contributed by atoms with Gasteiger partial charge in [0.15, 0.2) is 0 Å². The van der Waals surface area contributed by atoms with Gasteiger partial charge in [0.1, 0.15) is 11.1 Å². The highest BCUT2D eigenvalue weighted by atomic mass is 79.9. The minimum atomic E-state index is -0.487. The lowest BCUT2D eigenvalue weighted by molar-refractivity contribution is -0.120. The molecular weight excluding hydrogens is 446 g/mol. The van der Waals surface area contributed by atoms with Crippen LogP contribution in [0, 0.1) is 11.3 Å². The van der Waals surface area contributed by atoms with Crippen LogP contribution in [0.3, 0.4) is 0 Å². The Balaban J connectivity index is 1.47. The number of aryl methyl sites for hydroxylation is 1. The average Bonchev–Trinajstić information content (AvgIpc) is 2.99. The van der Waals surface area contributed by atoms with Gasteiger partial charge in [-0.05, 0) is 49.4 Å². The molecule has 2 N–H and O–H groups in total. The minimum absolute atomic E-state index is 0.0689. The van der Waals surface area contributed by atoms with Crippen molar-refractivity contribution in [3.8, 4) is 6.07 Å². The first-order valence-electron chi connectivity index (χ1n) is 8.66. The lowest BCUT2D eigenvalue weighted by Crippen LogP contribution is -2.32. The number of rotatable bonds is 3. The van der Waals surface area contributed by atoms with Crippen molar-refractivity contribution in [2.75, 3.05) is 10.6 Å². The van der Waals surface area contributed by atoms with Crippen molar-refractivity contribution in [1.29, 1.82) is 5.26 Å². The summed E-state index contributed by atoms with van der Waals surface area (Å²) in [7, 11) is 0. The molecule has 2 aliphatic rings. The number of hydrogen-bond donors (Lipinski definition) is 2. The molecule has 1 unspecified atom stereocenters. The first-order chi connectivity index (χ1) is 13.0. The highest BCUT2D eigenvalue weighted by Gasteiger charge is 2.30. The van der Waals surface area contributed by atoms with Crippen LogP contribution < -0.4 is 10.6 Å². The summed E-state index contributed by atoms with van der Waals surface area (Å²) in [5, 5.41) is 15.4. The molecule has 1 aromatic heterocycles. The number of carbonyl (C=O) groups excluding carboxylic acids is 2. The summed E-state index contributed by atoms with van der Waals surface area (Å²) in [6.45, 7) is 0. The summed E-state index contributed by atoms with van der Waals surface area (Å²) >= 11 is 6.29. The molecule has 0 saturated heterocycles. The van der Waals surface area contributed by atoms with Gasteiger partial charge < -0.3 is 10.6 Å². The molecule has 2 aromatic rings. The van der Waals surface area contributed by atoms with Crippen LogP contribution in [0.1, 0.15) is 35.3 Å². The number of thiophene rings is 1. The van der Waals surface area contributed by atoms with Gasteiger partial charge in [-0.1, -0.05) is 15.9 Å². The highest BCUT2D eigenvalue weighted by Crippen LogP contribution is 2.40. The zero-order valence-electron chi connectivity index (χ0n) is 14.3. The van der Waals surface area contributed by atoms with Crippen molar-refractivity contribution in [2.45, 2.75) is 42.2 Å². The SMILES string of the molecule is N#Cc1c(NC(=O)CC2Sc3ccc(Br)cc3NC2=O)sc2c1CCCC2. The van der Waals surface area contributed by atoms with Crippen LogP contribution in [-0.2, 0) is 22.4 Å². The summed E-state index contributed by atoms with van der Waals surface area (Å²) in [6, 6.07) is 7.94. The molecule has 0 radical (unpaired) electrons. The Hall–Kier alpha value is -1.82. The number of carbonyl (C=O) groups is 2. The Bertz CT molecular complexity index is 980. The van der Waals surface area contributed by atoms with Gasteiger partial charge in [0.25, 0.3) is 0 Å². The van der Waals surface area contributed by atoms with Gasteiger partial charge in [0, 0.05) is 20.7 Å². The van der Waals surface area contributed by atoms with Crippen LogP contribution in [0.25, 0.3) is 0 Å². The second-order valence-electron chi connectivity index (χ2n) is 6.52. The smallest absolute Gasteiger partial charge is 0.238 e. The summed E-state index contributed by atoms with van der Waals surface area (Å²) in [6.07, 6.45) is 4.15. The number of nitrogens with zero attached hydrogens (tertiary/aromatic N) is 1. The van der Waals surface area contributed by atoms with Gasteiger partial charge in [-0.2, -0.15) is 5.26 Å². The molecule has 8 heteroatoms. The molecule has 1 atom stereocenters. The number of amides is 2. The molecule has 138 valence electrons. The molecule has 4 rings (SSSR count). The van der Waals surface area contributed by atoms with Crippen molar-refractivity contribution in [3.05, 3.63) is 38.7 Å². The number of benzene rings is 1. The number of nitriles is 1. The van der Waals surface area contributed by atoms with Gasteiger partial charge in [0.2, 0.25) is 11.8 Å². The molecule has 0 spiro atoms. The Morgan fingerprint density at radius 3 is 3.00 bits per heavy atom. The molecule has 1 aromatic carbocycles. The summed E-state index contributed by atoms with van der Waals surface area (Å²) in [5.74, 6) is -0.412. The van der Waals surface area contributed by atoms with Gasteiger partial charge in [-0.15, -0.1) is 23.1 Å². The molecule has 1 aliphatic carbocycles. The normalized spacial score (nSPS) is 18.1. The second kappa shape index (κ2) is 7.66. The lowest BCUT2D eigenvalue weighted by Gasteiger charge is -2.23. The predicted molar refractivity (Wildman–Crippen MR) is 111 cm³/mol. The Labute approximate surface area is 173 Å². The zero-order valence-corrected chi connectivity index (χ0v) is 17.5. The number of thioether (sulfide) groups is 1. The fraction of sp³-hybridized carbons (Fsp3) is 0.316. The van der Waals surface area contributed by atoms with E-state index in [0.717, 1.165) is 46.3 Å². The number of fused-ring (bicyclic) bond motifs is 2. The maximum absolute atomic E-state index is 12.6. The summed E-state index contributed by atoms with van der Waals surface area (Å²) in [5.41, 5.74) is 2.45. The number of hydrogen-bond acceptors (Lipinski definition) is 5. The Morgan fingerprint density at radius 2 is 2.19 bits per heavy atom. The molecule has 0 fully saturated rings. The molecule has 27 heavy (non-hydrogen) atoms. The van der Waals surface area contributed by atoms with Crippen LogP contribution in [0.15, 0.2) is 27.6 Å². The quantitative estimate of drug-likeness (QED) is 0.693. The molecular formula is C19H16BrN3O2S2. The van der Waals surface area contributed by atoms with Crippen molar-refractivity contribution in [3.63, 3.8) is 0 Å². The average molecular weight is 462 g/mol. The molecule has 2 amide bonds. The third kappa shape index (κ3) is 3.77. The van der Waals surface area contributed by atoms with E-state index in [1.807, 2.05) is 18.2 Å². The monoisotopic (exact) mass is 461 g/mol. The third-order valence-electron chi connectivity index (χ3n) is 4.67. The Kier molecular flexibility index (Phi) is 5.26. The van der Waals surface area contributed by atoms with Gasteiger partial charge in [0.05, 0.1) is 16.5 Å². The number of nitrogens with one attached hydrogen (secondary N) is 2. The summed E-state index contributed by atoms with van der Waals surface area (Å²) < 4.78 is 0.893. The zero-order chi connectivity index (χ0) is 19.0. The topological polar surface area (TPSA) is 82.0 Å². The molecule has 0 bridgehead atoms. The van der Waals surface area contributed by atoms with Crippen molar-refractivity contribution in [2.24, 2.45) is 0 Å². The fourth-order valence-corrected chi connectivity index (χ4v) is 6.08. The first kappa shape index (κ1) is 18.5. The molecule has 0 saturated carbocycles. The van der Waals surface area contributed by atoms with Crippen LogP contribution in [0.4, 0.5) is 10.7 Å². The predicted octanol–water partition coefficient (Wildman–Crippen LogP) is 4.70. The van der Waals surface area contributed by atoms with E-state index in [1.54, 1.807) is 0 Å². The van der Waals surface area contributed by atoms with E-state index in [1.165, 1.54) is 28.0 Å². The maximum Gasteiger partial charge on any atom is 0.238 e. The maximum atomic E-state index is 12.6. The summed E-state index contributed by atoms with van der Waals surface area (Å²) in [4.78, 5) is 27.1. The van der Waals surface area contributed by atoms with Crippen LogP contribution >= 0.6 is 39.0 Å². The van der Waals surface area contributed by atoms with Crippen LogP contribution in [0.2, 0.25) is 0 Å². The van der Waals surface area contributed by atoms with Crippen LogP contribution in [0.5, 0.6) is 0 Å². The Morgan fingerprint density at radius 1 is 1.37 bits per heavy atom. The second-order valence-corrected chi connectivity index (χ2v) is 9.78. The van der Waals surface area contributed by atoms with E-state index >= 15 is 0 Å². The van der Waals surface area contributed by atoms with Crippen LogP contribution in [-0.4, -0.2) is 17.1 Å². The lowest BCUT2D eigenvalue weighted by atomic mass is 9.96. The van der Waals surface area contributed by atoms with E-state index in [4.69, 9.17) is 0 Å². The molecule has 2 heterocycles. The fourth-order valence-electron chi connectivity index (χ4n) is 3.38. The van der Waals surface area contributed by atoms with E-state index in [-0.39, 0.29) is 18.2 Å². The number of halogens is 1. The van der Waals surface area contributed by atoms with Crippen molar-refractivity contribution < 1.29 is 9.59 Å². The molecule has 5 nitrogen and oxygen atoms in total. The largest absolute Gasteiger partial charge is 0.324 e. The number of anilines is 2. The van der Waals surface area contributed by atoms with Gasteiger partial charge >= 0.3 is 0 Å². The van der Waals surface area contributed by atoms with Gasteiger partial charge in [-0.25, -0.2) is 0 Å². The van der Waals surface area contributed by atoms with Crippen molar-refractivity contribution in [1.82, 2.24) is 0 Å². The van der Waals surface area contributed by atoms with E-state index < -0.39 is 5.25 Å².